The van der Waals surface area contributed by atoms with E-state index in [1.807, 2.05) is 0 Å². The van der Waals surface area contributed by atoms with E-state index in [1.54, 1.807) is 6.92 Å². The number of nitrogens with one attached hydrogen (secondary N) is 1. The van der Waals surface area contributed by atoms with Crippen LogP contribution in [0.1, 0.15) is 23.7 Å². The summed E-state index contributed by atoms with van der Waals surface area (Å²) < 4.78 is 40.9. The van der Waals surface area contributed by atoms with Gasteiger partial charge in [-0.15, -0.1) is 0 Å². The molecule has 0 bridgehead atoms. The SMILES string of the molecule is CCn1cc(C(=O)C2(C(F)(F)F)CCNC2)cn1. The van der Waals surface area contributed by atoms with Crippen molar-refractivity contribution >= 4 is 5.78 Å². The molecule has 0 radical (unpaired) electrons. The second-order valence-corrected chi connectivity index (χ2v) is 4.42. The monoisotopic (exact) mass is 261 g/mol. The molecule has 2 heterocycles. The molecular weight excluding hydrogens is 247 g/mol. The molecule has 0 saturated carbocycles. The highest BCUT2D eigenvalue weighted by Crippen LogP contribution is 2.45. The summed E-state index contributed by atoms with van der Waals surface area (Å²) in [5.41, 5.74) is -2.27. The van der Waals surface area contributed by atoms with Gasteiger partial charge in [-0.25, -0.2) is 0 Å². The third-order valence-electron chi connectivity index (χ3n) is 3.35. The van der Waals surface area contributed by atoms with Crippen LogP contribution in [0.15, 0.2) is 12.4 Å². The lowest BCUT2D eigenvalue weighted by atomic mass is 9.79. The molecule has 4 nitrogen and oxygen atoms in total. The molecule has 1 unspecified atom stereocenters. The average Bonchev–Trinajstić information content (AvgIpc) is 2.97. The summed E-state index contributed by atoms with van der Waals surface area (Å²) in [6.45, 7) is 2.17. The minimum Gasteiger partial charge on any atom is -0.315 e. The largest absolute Gasteiger partial charge is 0.402 e. The minimum absolute atomic E-state index is 0.0258. The number of Topliss-reactive ketones (excluding diaryl/α,β-unsaturated/α-hetero) is 1. The first-order chi connectivity index (χ1) is 8.40. The summed E-state index contributed by atoms with van der Waals surface area (Å²) >= 11 is 0. The molecule has 0 aromatic carbocycles. The van der Waals surface area contributed by atoms with Crippen molar-refractivity contribution in [2.75, 3.05) is 13.1 Å². The van der Waals surface area contributed by atoms with Crippen LogP contribution in [0.5, 0.6) is 0 Å². The summed E-state index contributed by atoms with van der Waals surface area (Å²) in [6.07, 6.45) is -2.18. The maximum absolute atomic E-state index is 13.2. The standard InChI is InChI=1S/C11H14F3N3O/c1-2-17-6-8(5-16-17)9(18)10(11(12,13)14)3-4-15-7-10/h5-6,15H,2-4,7H2,1H3. The summed E-state index contributed by atoms with van der Waals surface area (Å²) in [6, 6.07) is 0. The summed E-state index contributed by atoms with van der Waals surface area (Å²) in [4.78, 5) is 12.1. The normalized spacial score (nSPS) is 24.4. The number of ketones is 1. The van der Waals surface area contributed by atoms with E-state index in [9.17, 15) is 18.0 Å². The second-order valence-electron chi connectivity index (χ2n) is 4.42. The van der Waals surface area contributed by atoms with Gasteiger partial charge in [-0.1, -0.05) is 0 Å². The Morgan fingerprint density at radius 2 is 2.33 bits per heavy atom. The maximum atomic E-state index is 13.2. The van der Waals surface area contributed by atoms with Crippen LogP contribution >= 0.6 is 0 Å². The van der Waals surface area contributed by atoms with E-state index in [0.717, 1.165) is 0 Å². The molecule has 1 aliphatic heterocycles. The van der Waals surface area contributed by atoms with E-state index >= 15 is 0 Å². The highest BCUT2D eigenvalue weighted by molar-refractivity contribution is 6.01. The zero-order valence-electron chi connectivity index (χ0n) is 9.92. The number of carbonyl (C=O) groups excluding carboxylic acids is 1. The molecule has 1 fully saturated rings. The Balaban J connectivity index is 2.35. The van der Waals surface area contributed by atoms with E-state index < -0.39 is 17.4 Å². The fourth-order valence-electron chi connectivity index (χ4n) is 2.19. The molecular formula is C11H14F3N3O. The fraction of sp³-hybridized carbons (Fsp3) is 0.636. The fourth-order valence-corrected chi connectivity index (χ4v) is 2.19. The molecule has 1 saturated heterocycles. The summed E-state index contributed by atoms with van der Waals surface area (Å²) in [5.74, 6) is -0.889. The van der Waals surface area contributed by atoms with Crippen molar-refractivity contribution in [3.8, 4) is 0 Å². The predicted octanol–water partition coefficient (Wildman–Crippen LogP) is 1.63. The Bertz CT molecular complexity index is 447. The molecule has 1 aliphatic rings. The molecule has 2 rings (SSSR count). The van der Waals surface area contributed by atoms with Crippen molar-refractivity contribution in [1.29, 1.82) is 0 Å². The number of aromatic nitrogens is 2. The number of rotatable bonds is 3. The number of nitrogens with zero attached hydrogens (tertiary/aromatic N) is 2. The third kappa shape index (κ3) is 1.92. The molecule has 0 amide bonds. The van der Waals surface area contributed by atoms with Gasteiger partial charge in [0, 0.05) is 19.3 Å². The Labute approximate surface area is 102 Å². The van der Waals surface area contributed by atoms with Crippen LogP contribution in [0.3, 0.4) is 0 Å². The lowest BCUT2D eigenvalue weighted by Gasteiger charge is -2.28. The van der Waals surface area contributed by atoms with Crippen molar-refractivity contribution in [2.45, 2.75) is 26.1 Å². The quantitative estimate of drug-likeness (QED) is 0.841. The minimum atomic E-state index is -4.54. The molecule has 1 atom stereocenters. The van der Waals surface area contributed by atoms with Gasteiger partial charge >= 0.3 is 6.18 Å². The molecule has 1 aromatic rings. The molecule has 18 heavy (non-hydrogen) atoms. The highest BCUT2D eigenvalue weighted by atomic mass is 19.4. The van der Waals surface area contributed by atoms with Gasteiger partial charge < -0.3 is 5.32 Å². The van der Waals surface area contributed by atoms with Crippen molar-refractivity contribution < 1.29 is 18.0 Å². The zero-order valence-corrected chi connectivity index (χ0v) is 9.92. The molecule has 100 valence electrons. The van der Waals surface area contributed by atoms with Crippen molar-refractivity contribution in [2.24, 2.45) is 5.41 Å². The smallest absolute Gasteiger partial charge is 0.315 e. The number of hydrogen-bond acceptors (Lipinski definition) is 3. The highest BCUT2D eigenvalue weighted by Gasteiger charge is 2.61. The van der Waals surface area contributed by atoms with Crippen molar-refractivity contribution in [3.63, 3.8) is 0 Å². The van der Waals surface area contributed by atoms with Crippen LogP contribution in [0, 0.1) is 5.41 Å². The number of alkyl halides is 3. The van der Waals surface area contributed by atoms with Gasteiger partial charge in [0.15, 0.2) is 5.78 Å². The van der Waals surface area contributed by atoms with Crippen LogP contribution in [0.2, 0.25) is 0 Å². The third-order valence-corrected chi connectivity index (χ3v) is 3.35. The number of carbonyl (C=O) groups is 1. The predicted molar refractivity (Wildman–Crippen MR) is 58.2 cm³/mol. The molecule has 7 heteroatoms. The number of hydrogen-bond donors (Lipinski definition) is 1. The van der Waals surface area contributed by atoms with Crippen LogP contribution in [0.4, 0.5) is 13.2 Å². The van der Waals surface area contributed by atoms with E-state index in [-0.39, 0.29) is 25.1 Å². The second kappa shape index (κ2) is 4.38. The Morgan fingerprint density at radius 3 is 2.78 bits per heavy atom. The summed E-state index contributed by atoms with van der Waals surface area (Å²) in [5, 5.41) is 6.47. The first kappa shape index (κ1) is 13.1. The van der Waals surface area contributed by atoms with E-state index in [1.165, 1.54) is 17.1 Å². The molecule has 1 aromatic heterocycles. The first-order valence-corrected chi connectivity index (χ1v) is 5.75. The Hall–Kier alpha value is -1.37. The van der Waals surface area contributed by atoms with Gasteiger partial charge in [0.25, 0.3) is 0 Å². The van der Waals surface area contributed by atoms with Crippen molar-refractivity contribution in [3.05, 3.63) is 18.0 Å². The zero-order chi connectivity index (χ0) is 13.4. The van der Waals surface area contributed by atoms with Gasteiger partial charge in [0.05, 0.1) is 11.8 Å². The maximum Gasteiger partial charge on any atom is 0.402 e. The first-order valence-electron chi connectivity index (χ1n) is 5.75. The average molecular weight is 261 g/mol. The number of aryl methyl sites for hydroxylation is 1. The van der Waals surface area contributed by atoms with E-state index in [2.05, 4.69) is 10.4 Å². The van der Waals surface area contributed by atoms with Crippen LogP contribution < -0.4 is 5.32 Å². The Morgan fingerprint density at radius 1 is 1.61 bits per heavy atom. The topological polar surface area (TPSA) is 46.9 Å². The van der Waals surface area contributed by atoms with Crippen molar-refractivity contribution in [1.82, 2.24) is 15.1 Å². The summed E-state index contributed by atoms with van der Waals surface area (Å²) in [7, 11) is 0. The van der Waals surface area contributed by atoms with Gasteiger partial charge in [-0.2, -0.15) is 18.3 Å². The van der Waals surface area contributed by atoms with E-state index in [0.29, 0.717) is 6.54 Å². The van der Waals surface area contributed by atoms with Gasteiger partial charge in [-0.3, -0.25) is 9.48 Å². The number of halogens is 3. The van der Waals surface area contributed by atoms with Crippen LogP contribution in [-0.2, 0) is 6.54 Å². The molecule has 0 aliphatic carbocycles. The molecule has 1 N–H and O–H groups in total. The van der Waals surface area contributed by atoms with Gasteiger partial charge in [-0.05, 0) is 19.9 Å². The van der Waals surface area contributed by atoms with Crippen LogP contribution in [0.25, 0.3) is 0 Å². The van der Waals surface area contributed by atoms with E-state index in [4.69, 9.17) is 0 Å². The lowest BCUT2D eigenvalue weighted by Crippen LogP contribution is -2.46. The van der Waals surface area contributed by atoms with Crippen LogP contribution in [-0.4, -0.2) is 34.8 Å². The van der Waals surface area contributed by atoms with Gasteiger partial charge in [0.2, 0.25) is 0 Å². The lowest BCUT2D eigenvalue weighted by molar-refractivity contribution is -0.197. The van der Waals surface area contributed by atoms with Gasteiger partial charge in [0.1, 0.15) is 5.41 Å². The molecule has 0 spiro atoms. The Kier molecular flexibility index (Phi) is 3.18.